The first-order chi connectivity index (χ1) is 9.65. The fraction of sp³-hybridized carbons (Fsp3) is 0.368. The highest BCUT2D eigenvalue weighted by atomic mass is 14.6. The molecule has 0 bridgehead atoms. The van der Waals surface area contributed by atoms with Crippen LogP contribution >= 0.6 is 0 Å². The minimum atomic E-state index is 0.263. The second kappa shape index (κ2) is 7.25. The molecule has 0 aliphatic heterocycles. The van der Waals surface area contributed by atoms with Gasteiger partial charge < -0.3 is 5.73 Å². The quantitative estimate of drug-likeness (QED) is 0.834. The number of rotatable bonds is 6. The van der Waals surface area contributed by atoms with Crippen molar-refractivity contribution in [2.45, 2.75) is 45.6 Å². The number of hydrogen-bond donors (Lipinski definition) is 1. The van der Waals surface area contributed by atoms with Crippen molar-refractivity contribution >= 4 is 0 Å². The summed E-state index contributed by atoms with van der Waals surface area (Å²) in [6.45, 7) is 4.31. The monoisotopic (exact) mass is 267 g/mol. The molecule has 1 atom stereocenters. The fourth-order valence-corrected chi connectivity index (χ4v) is 2.62. The Balaban J connectivity index is 1.80. The van der Waals surface area contributed by atoms with Crippen LogP contribution in [0.15, 0.2) is 48.5 Å². The lowest BCUT2D eigenvalue weighted by molar-refractivity contribution is 0.579. The molecule has 2 N–H and O–H groups in total. The lowest BCUT2D eigenvalue weighted by Gasteiger charge is -2.14. The van der Waals surface area contributed by atoms with Crippen LogP contribution in [0.5, 0.6) is 0 Å². The Morgan fingerprint density at radius 1 is 1.00 bits per heavy atom. The van der Waals surface area contributed by atoms with Crippen LogP contribution < -0.4 is 5.73 Å². The van der Waals surface area contributed by atoms with Gasteiger partial charge in [0.25, 0.3) is 0 Å². The molecule has 1 heteroatoms. The zero-order chi connectivity index (χ0) is 14.4. The van der Waals surface area contributed by atoms with E-state index in [0.29, 0.717) is 0 Å². The molecule has 20 heavy (non-hydrogen) atoms. The highest BCUT2D eigenvalue weighted by molar-refractivity contribution is 5.31. The van der Waals surface area contributed by atoms with Gasteiger partial charge in [0.2, 0.25) is 0 Å². The minimum Gasteiger partial charge on any atom is -0.327 e. The van der Waals surface area contributed by atoms with Crippen LogP contribution in [0, 0.1) is 13.8 Å². The maximum Gasteiger partial charge on any atom is 0.00795 e. The Hall–Kier alpha value is -1.60. The second-order valence-electron chi connectivity index (χ2n) is 5.77. The Labute approximate surface area is 122 Å². The van der Waals surface area contributed by atoms with Gasteiger partial charge in [0.1, 0.15) is 0 Å². The van der Waals surface area contributed by atoms with E-state index in [4.69, 9.17) is 5.73 Å². The molecular formula is C19H25N. The lowest BCUT2D eigenvalue weighted by atomic mass is 9.96. The van der Waals surface area contributed by atoms with Crippen molar-refractivity contribution in [1.82, 2.24) is 0 Å². The molecule has 0 saturated heterocycles. The standard InChI is InChI=1S/C19H25N/c1-15-11-12-16(2)18(13-15)14-19(20)10-6-9-17-7-4-3-5-8-17/h3-5,7-8,11-13,19H,6,9-10,14,20H2,1-2H3. The number of nitrogens with two attached hydrogens (primary N) is 1. The molecule has 0 amide bonds. The maximum absolute atomic E-state index is 6.29. The summed E-state index contributed by atoms with van der Waals surface area (Å²) in [7, 11) is 0. The second-order valence-corrected chi connectivity index (χ2v) is 5.77. The Morgan fingerprint density at radius 3 is 2.50 bits per heavy atom. The van der Waals surface area contributed by atoms with Gasteiger partial charge in [-0.2, -0.15) is 0 Å². The molecule has 2 aromatic rings. The van der Waals surface area contributed by atoms with Crippen LogP contribution in [-0.2, 0) is 12.8 Å². The first-order valence-electron chi connectivity index (χ1n) is 7.51. The van der Waals surface area contributed by atoms with Crippen LogP contribution in [0.25, 0.3) is 0 Å². The SMILES string of the molecule is Cc1ccc(C)c(CC(N)CCCc2ccccc2)c1. The van der Waals surface area contributed by atoms with Crippen molar-refractivity contribution in [2.24, 2.45) is 5.73 Å². The molecule has 0 radical (unpaired) electrons. The zero-order valence-electron chi connectivity index (χ0n) is 12.6. The molecule has 0 aromatic heterocycles. The molecule has 0 aliphatic rings. The Kier molecular flexibility index (Phi) is 5.37. The predicted octanol–water partition coefficient (Wildman–Crippen LogP) is 4.20. The van der Waals surface area contributed by atoms with Gasteiger partial charge in [-0.05, 0) is 56.2 Å². The van der Waals surface area contributed by atoms with Crippen molar-refractivity contribution in [1.29, 1.82) is 0 Å². The van der Waals surface area contributed by atoms with E-state index in [-0.39, 0.29) is 6.04 Å². The van der Waals surface area contributed by atoms with Gasteiger partial charge in [0.15, 0.2) is 0 Å². The fourth-order valence-electron chi connectivity index (χ4n) is 2.62. The van der Waals surface area contributed by atoms with E-state index >= 15 is 0 Å². The molecule has 2 rings (SSSR count). The van der Waals surface area contributed by atoms with Crippen molar-refractivity contribution in [3.63, 3.8) is 0 Å². The van der Waals surface area contributed by atoms with Gasteiger partial charge >= 0.3 is 0 Å². The van der Waals surface area contributed by atoms with Gasteiger partial charge in [-0.3, -0.25) is 0 Å². The van der Waals surface area contributed by atoms with Crippen LogP contribution in [0.1, 0.15) is 35.1 Å². The Bertz CT molecular complexity index is 531. The predicted molar refractivity (Wildman–Crippen MR) is 87.0 cm³/mol. The van der Waals surface area contributed by atoms with E-state index in [9.17, 15) is 0 Å². The van der Waals surface area contributed by atoms with Crippen molar-refractivity contribution in [3.05, 3.63) is 70.8 Å². The van der Waals surface area contributed by atoms with E-state index in [0.717, 1.165) is 25.7 Å². The highest BCUT2D eigenvalue weighted by Gasteiger charge is 2.07. The van der Waals surface area contributed by atoms with Crippen molar-refractivity contribution < 1.29 is 0 Å². The summed E-state index contributed by atoms with van der Waals surface area (Å²) in [5.74, 6) is 0. The van der Waals surface area contributed by atoms with E-state index in [2.05, 4.69) is 62.4 Å². The summed E-state index contributed by atoms with van der Waals surface area (Å²) < 4.78 is 0. The van der Waals surface area contributed by atoms with Crippen LogP contribution in [0.4, 0.5) is 0 Å². The van der Waals surface area contributed by atoms with E-state index < -0.39 is 0 Å². The van der Waals surface area contributed by atoms with Gasteiger partial charge in [-0.25, -0.2) is 0 Å². The smallest absolute Gasteiger partial charge is 0.00795 e. The van der Waals surface area contributed by atoms with E-state index in [1.807, 2.05) is 0 Å². The maximum atomic E-state index is 6.29. The van der Waals surface area contributed by atoms with Crippen LogP contribution in [-0.4, -0.2) is 6.04 Å². The first-order valence-corrected chi connectivity index (χ1v) is 7.51. The van der Waals surface area contributed by atoms with Gasteiger partial charge in [0.05, 0.1) is 0 Å². The van der Waals surface area contributed by atoms with E-state index in [1.54, 1.807) is 0 Å². The third kappa shape index (κ3) is 4.50. The average Bonchev–Trinajstić information content (AvgIpc) is 2.44. The summed E-state index contributed by atoms with van der Waals surface area (Å²) in [5, 5.41) is 0. The van der Waals surface area contributed by atoms with Crippen molar-refractivity contribution in [2.75, 3.05) is 0 Å². The number of benzene rings is 2. The average molecular weight is 267 g/mol. The third-order valence-electron chi connectivity index (χ3n) is 3.87. The van der Waals surface area contributed by atoms with Crippen LogP contribution in [0.3, 0.4) is 0 Å². The van der Waals surface area contributed by atoms with Gasteiger partial charge in [-0.15, -0.1) is 0 Å². The molecule has 0 heterocycles. The summed E-state index contributed by atoms with van der Waals surface area (Å²) in [5.41, 5.74) is 11.8. The molecule has 106 valence electrons. The first kappa shape index (κ1) is 14.8. The summed E-state index contributed by atoms with van der Waals surface area (Å²) in [4.78, 5) is 0. The molecule has 0 fully saturated rings. The third-order valence-corrected chi connectivity index (χ3v) is 3.87. The Morgan fingerprint density at radius 2 is 1.75 bits per heavy atom. The molecule has 1 unspecified atom stereocenters. The summed E-state index contributed by atoms with van der Waals surface area (Å²) in [6, 6.07) is 17.5. The molecule has 0 aliphatic carbocycles. The molecular weight excluding hydrogens is 242 g/mol. The van der Waals surface area contributed by atoms with Crippen molar-refractivity contribution in [3.8, 4) is 0 Å². The highest BCUT2D eigenvalue weighted by Crippen LogP contribution is 2.14. The number of hydrogen-bond acceptors (Lipinski definition) is 1. The zero-order valence-corrected chi connectivity index (χ0v) is 12.6. The molecule has 0 spiro atoms. The van der Waals surface area contributed by atoms with E-state index in [1.165, 1.54) is 22.3 Å². The molecule has 0 saturated carbocycles. The van der Waals surface area contributed by atoms with Gasteiger partial charge in [0, 0.05) is 6.04 Å². The van der Waals surface area contributed by atoms with Crippen LogP contribution in [0.2, 0.25) is 0 Å². The molecule has 1 nitrogen and oxygen atoms in total. The van der Waals surface area contributed by atoms with Gasteiger partial charge in [-0.1, -0.05) is 54.1 Å². The topological polar surface area (TPSA) is 26.0 Å². The molecule has 2 aromatic carbocycles. The normalized spacial score (nSPS) is 12.3. The lowest BCUT2D eigenvalue weighted by Crippen LogP contribution is -2.23. The largest absolute Gasteiger partial charge is 0.327 e. The summed E-state index contributed by atoms with van der Waals surface area (Å²) >= 11 is 0. The summed E-state index contributed by atoms with van der Waals surface area (Å²) in [6.07, 6.45) is 4.36. The number of aryl methyl sites for hydroxylation is 3. The minimum absolute atomic E-state index is 0.263.